The maximum absolute atomic E-state index is 12.9. The number of carbonyl (C=O) groups excluding carboxylic acids is 1. The molecule has 0 N–H and O–H groups in total. The highest BCUT2D eigenvalue weighted by molar-refractivity contribution is 6.10. The van der Waals surface area contributed by atoms with Gasteiger partial charge in [-0.15, -0.1) is 0 Å². The molecule has 0 bridgehead atoms. The zero-order chi connectivity index (χ0) is 22.3. The minimum Gasteiger partial charge on any atom is -0.491 e. The summed E-state index contributed by atoms with van der Waals surface area (Å²) in [5.41, 5.74) is 2.10. The molecule has 3 aromatic heterocycles. The highest BCUT2D eigenvalue weighted by atomic mass is 19.4. The van der Waals surface area contributed by atoms with Gasteiger partial charge >= 0.3 is 6.18 Å². The van der Waals surface area contributed by atoms with E-state index in [1.807, 2.05) is 0 Å². The first-order chi connectivity index (χ1) is 14.7. The van der Waals surface area contributed by atoms with Crippen LogP contribution in [0, 0.1) is 0 Å². The van der Waals surface area contributed by atoms with Gasteiger partial charge in [0.1, 0.15) is 6.54 Å². The molecule has 0 saturated heterocycles. The Morgan fingerprint density at radius 3 is 2.61 bits per heavy atom. The van der Waals surface area contributed by atoms with Gasteiger partial charge in [-0.2, -0.15) is 18.3 Å². The number of anilines is 1. The molecule has 0 fully saturated rings. The maximum Gasteiger partial charge on any atom is 0.408 e. The summed E-state index contributed by atoms with van der Waals surface area (Å²) in [5.74, 6) is 0.526. The summed E-state index contributed by atoms with van der Waals surface area (Å²) in [6, 6.07) is 5.91. The van der Waals surface area contributed by atoms with Crippen molar-refractivity contribution in [3.63, 3.8) is 0 Å². The van der Waals surface area contributed by atoms with Crippen LogP contribution >= 0.6 is 0 Å². The van der Waals surface area contributed by atoms with Gasteiger partial charge in [0.05, 0.1) is 37.2 Å². The van der Waals surface area contributed by atoms with Crippen LogP contribution in [0.25, 0.3) is 11.3 Å². The number of amides is 1. The van der Waals surface area contributed by atoms with Crippen LogP contribution < -0.4 is 14.4 Å². The van der Waals surface area contributed by atoms with E-state index < -0.39 is 18.8 Å². The minimum atomic E-state index is -4.41. The molecular formula is C20H18F3N5O3. The summed E-state index contributed by atoms with van der Waals surface area (Å²) >= 11 is 0. The quantitative estimate of drug-likeness (QED) is 0.611. The number of pyridine rings is 2. The average Bonchev–Trinajstić information content (AvgIpc) is 3.27. The van der Waals surface area contributed by atoms with Crippen molar-refractivity contribution < 1.29 is 27.4 Å². The summed E-state index contributed by atoms with van der Waals surface area (Å²) in [6.07, 6.45) is -1.63. The molecule has 1 aliphatic heterocycles. The molecule has 1 aliphatic rings. The van der Waals surface area contributed by atoms with Gasteiger partial charge in [0.2, 0.25) is 0 Å². The molecule has 11 heteroatoms. The van der Waals surface area contributed by atoms with Gasteiger partial charge in [0, 0.05) is 24.0 Å². The van der Waals surface area contributed by atoms with Gasteiger partial charge in [-0.25, -0.2) is 9.97 Å². The molecule has 3 aromatic rings. The molecule has 1 atom stereocenters. The van der Waals surface area contributed by atoms with E-state index in [1.54, 1.807) is 31.3 Å². The minimum absolute atomic E-state index is 0.133. The lowest BCUT2D eigenvalue weighted by molar-refractivity contribution is -0.142. The predicted molar refractivity (Wildman–Crippen MR) is 104 cm³/mol. The summed E-state index contributed by atoms with van der Waals surface area (Å²) in [7, 11) is 2.98. The first-order valence-corrected chi connectivity index (χ1v) is 9.25. The third kappa shape index (κ3) is 3.78. The van der Waals surface area contributed by atoms with Crippen LogP contribution in [-0.2, 0) is 6.54 Å². The Labute approximate surface area is 175 Å². The summed E-state index contributed by atoms with van der Waals surface area (Å²) in [4.78, 5) is 23.0. The van der Waals surface area contributed by atoms with E-state index in [0.29, 0.717) is 34.1 Å². The lowest BCUT2D eigenvalue weighted by Gasteiger charge is -2.18. The van der Waals surface area contributed by atoms with Crippen molar-refractivity contribution in [1.29, 1.82) is 0 Å². The largest absolute Gasteiger partial charge is 0.491 e. The highest BCUT2D eigenvalue weighted by Gasteiger charge is 2.38. The van der Waals surface area contributed by atoms with Gasteiger partial charge in [0.15, 0.2) is 11.6 Å². The molecule has 31 heavy (non-hydrogen) atoms. The first kappa shape index (κ1) is 20.6. The lowest BCUT2D eigenvalue weighted by atomic mass is 10.1. The highest BCUT2D eigenvalue weighted by Crippen LogP contribution is 2.37. The molecule has 162 valence electrons. The van der Waals surface area contributed by atoms with Crippen molar-refractivity contribution in [2.45, 2.75) is 25.7 Å². The Bertz CT molecular complexity index is 1150. The SMILES string of the molecule is COc1cc(-c2ccc3c(n2)[C@H](C)N(c2ccn(CC(F)(F)F)n2)C3=O)cnc1OC. The smallest absolute Gasteiger partial charge is 0.408 e. The van der Waals surface area contributed by atoms with Gasteiger partial charge in [-0.3, -0.25) is 14.4 Å². The second kappa shape index (κ2) is 7.56. The monoisotopic (exact) mass is 433 g/mol. The number of nitrogens with zero attached hydrogens (tertiary/aromatic N) is 5. The van der Waals surface area contributed by atoms with Gasteiger partial charge < -0.3 is 9.47 Å². The zero-order valence-electron chi connectivity index (χ0n) is 16.8. The molecule has 0 aromatic carbocycles. The zero-order valence-corrected chi connectivity index (χ0v) is 16.8. The van der Waals surface area contributed by atoms with Crippen LogP contribution in [-0.4, -0.2) is 46.1 Å². The Morgan fingerprint density at radius 2 is 1.94 bits per heavy atom. The Kier molecular flexibility index (Phi) is 5.03. The number of hydrogen-bond acceptors (Lipinski definition) is 6. The molecule has 0 unspecified atom stereocenters. The summed E-state index contributed by atoms with van der Waals surface area (Å²) in [5, 5.41) is 3.92. The molecule has 4 rings (SSSR count). The summed E-state index contributed by atoms with van der Waals surface area (Å²) < 4.78 is 49.1. The van der Waals surface area contributed by atoms with Crippen molar-refractivity contribution in [1.82, 2.24) is 19.7 Å². The molecule has 4 heterocycles. The number of aromatic nitrogens is 4. The number of halogens is 3. The van der Waals surface area contributed by atoms with E-state index in [2.05, 4.69) is 15.1 Å². The molecule has 1 amide bonds. The third-order valence-corrected chi connectivity index (χ3v) is 4.90. The van der Waals surface area contributed by atoms with Crippen molar-refractivity contribution >= 4 is 11.7 Å². The van der Waals surface area contributed by atoms with Crippen LogP contribution in [0.5, 0.6) is 11.6 Å². The number of fused-ring (bicyclic) bond motifs is 1. The van der Waals surface area contributed by atoms with Gasteiger partial charge in [-0.05, 0) is 25.1 Å². The Morgan fingerprint density at radius 1 is 1.16 bits per heavy atom. The summed E-state index contributed by atoms with van der Waals surface area (Å²) in [6.45, 7) is 0.515. The number of rotatable bonds is 5. The van der Waals surface area contributed by atoms with Gasteiger partial charge in [-0.1, -0.05) is 0 Å². The second-order valence-corrected chi connectivity index (χ2v) is 6.90. The fourth-order valence-electron chi connectivity index (χ4n) is 3.49. The van der Waals surface area contributed by atoms with Crippen molar-refractivity contribution in [2.75, 3.05) is 19.1 Å². The predicted octanol–water partition coefficient (Wildman–Crippen LogP) is 3.64. The maximum atomic E-state index is 12.9. The van der Waals surface area contributed by atoms with Crippen LogP contribution in [0.2, 0.25) is 0 Å². The van der Waals surface area contributed by atoms with E-state index in [0.717, 1.165) is 4.68 Å². The van der Waals surface area contributed by atoms with E-state index in [4.69, 9.17) is 9.47 Å². The standard InChI is InChI=1S/C20H18F3N5O3/c1-11-17-13(19(29)28(11)16-6-7-27(26-16)10-20(21,22)23)4-5-14(25-17)12-8-15(30-2)18(31-3)24-9-12/h4-9,11H,10H2,1-3H3/t11-/m0/s1. The molecule has 0 radical (unpaired) electrons. The average molecular weight is 433 g/mol. The number of hydrogen-bond donors (Lipinski definition) is 0. The van der Waals surface area contributed by atoms with Crippen LogP contribution in [0.3, 0.4) is 0 Å². The third-order valence-electron chi connectivity index (χ3n) is 4.90. The molecule has 0 spiro atoms. The van der Waals surface area contributed by atoms with Gasteiger partial charge in [0.25, 0.3) is 11.8 Å². The molecule has 0 saturated carbocycles. The number of ether oxygens (including phenoxy) is 2. The molecule has 0 aliphatic carbocycles. The lowest BCUT2D eigenvalue weighted by Crippen LogP contribution is -2.27. The molecule has 8 nitrogen and oxygen atoms in total. The topological polar surface area (TPSA) is 82.4 Å². The van der Waals surface area contributed by atoms with Crippen LogP contribution in [0.4, 0.5) is 19.0 Å². The fourth-order valence-corrected chi connectivity index (χ4v) is 3.49. The normalized spacial score (nSPS) is 15.9. The number of methoxy groups -OCH3 is 2. The van der Waals surface area contributed by atoms with Crippen molar-refractivity contribution in [2.24, 2.45) is 0 Å². The van der Waals surface area contributed by atoms with E-state index >= 15 is 0 Å². The van der Waals surface area contributed by atoms with E-state index in [9.17, 15) is 18.0 Å². The van der Waals surface area contributed by atoms with E-state index in [-0.39, 0.29) is 11.7 Å². The van der Waals surface area contributed by atoms with E-state index in [1.165, 1.54) is 31.4 Å². The number of alkyl halides is 3. The Balaban J connectivity index is 1.66. The van der Waals surface area contributed by atoms with Crippen LogP contribution in [0.15, 0.2) is 36.7 Å². The number of carbonyl (C=O) groups is 1. The second-order valence-electron chi connectivity index (χ2n) is 6.90. The van der Waals surface area contributed by atoms with Crippen LogP contribution in [0.1, 0.15) is 29.0 Å². The van der Waals surface area contributed by atoms with Crippen molar-refractivity contribution in [3.8, 4) is 22.9 Å². The first-order valence-electron chi connectivity index (χ1n) is 9.25. The molecular weight excluding hydrogens is 415 g/mol. The Hall–Kier alpha value is -3.63. The van der Waals surface area contributed by atoms with Crippen molar-refractivity contribution in [3.05, 3.63) is 47.9 Å². The fraction of sp³-hybridized carbons (Fsp3) is 0.300.